The molecule has 9 heteroatoms. The summed E-state index contributed by atoms with van der Waals surface area (Å²) in [6.07, 6.45) is 0.882. The van der Waals surface area contributed by atoms with Crippen LogP contribution in [0.1, 0.15) is 56.4 Å². The van der Waals surface area contributed by atoms with E-state index in [9.17, 15) is 24.8 Å². The Hall–Kier alpha value is -3.30. The normalized spacial score (nSPS) is 19.6. The molecule has 0 aliphatic carbocycles. The fraction of sp³-hybridized carbons (Fsp3) is 0.391. The van der Waals surface area contributed by atoms with Gasteiger partial charge in [-0.15, -0.1) is 0 Å². The molecule has 0 spiro atoms. The van der Waals surface area contributed by atoms with Gasteiger partial charge in [0, 0.05) is 55.5 Å². The van der Waals surface area contributed by atoms with E-state index in [2.05, 4.69) is 4.90 Å². The maximum atomic E-state index is 12.8. The number of esters is 1. The van der Waals surface area contributed by atoms with Gasteiger partial charge in [0.25, 0.3) is 11.6 Å². The third kappa shape index (κ3) is 3.63. The second kappa shape index (κ2) is 7.99. The number of nitro benzene ring substituents is 1. The highest BCUT2D eigenvalue weighted by atomic mass is 16.6. The first kappa shape index (κ1) is 20.6. The minimum absolute atomic E-state index is 0.00434. The van der Waals surface area contributed by atoms with Gasteiger partial charge in [-0.2, -0.15) is 0 Å². The van der Waals surface area contributed by atoms with E-state index in [1.165, 1.54) is 12.1 Å². The summed E-state index contributed by atoms with van der Waals surface area (Å²) < 4.78 is 5.02. The third-order valence-electron chi connectivity index (χ3n) is 6.65. The van der Waals surface area contributed by atoms with Gasteiger partial charge in [-0.3, -0.25) is 14.9 Å². The second-order valence-electron chi connectivity index (χ2n) is 8.57. The fourth-order valence-electron chi connectivity index (χ4n) is 4.86. The summed E-state index contributed by atoms with van der Waals surface area (Å²) in [7, 11) is 0. The van der Waals surface area contributed by atoms with Gasteiger partial charge < -0.3 is 19.6 Å². The molecule has 32 heavy (non-hydrogen) atoms. The molecule has 166 valence electrons. The van der Waals surface area contributed by atoms with Gasteiger partial charge in [-0.25, -0.2) is 4.79 Å². The zero-order valence-electron chi connectivity index (χ0n) is 17.4. The third-order valence-corrected chi connectivity index (χ3v) is 6.65. The lowest BCUT2D eigenvalue weighted by Crippen LogP contribution is -2.45. The number of hydrogen-bond acceptors (Lipinski definition) is 7. The molecule has 1 amide bonds. The van der Waals surface area contributed by atoms with Crippen molar-refractivity contribution < 1.29 is 24.4 Å². The van der Waals surface area contributed by atoms with Crippen LogP contribution in [0.4, 0.5) is 5.69 Å². The highest BCUT2D eigenvalue weighted by molar-refractivity contribution is 5.98. The number of ether oxygens (including phenoxy) is 1. The standard InChI is InChI=1S/C23H23N3O6/c27-21(14-1-3-20-16(9-14)13-32-23(20)29)12-24-7-5-17(6-8-24)25-11-15-10-18(26(30)31)2-4-19(15)22(25)28/h1-4,9-10,17,21,27H,5-8,11-13H2. The predicted molar refractivity (Wildman–Crippen MR) is 113 cm³/mol. The number of non-ortho nitro benzene ring substituents is 1. The lowest BCUT2D eigenvalue weighted by molar-refractivity contribution is -0.384. The average Bonchev–Trinajstić information content (AvgIpc) is 3.33. The molecule has 9 nitrogen and oxygen atoms in total. The molecule has 1 saturated heterocycles. The van der Waals surface area contributed by atoms with Crippen molar-refractivity contribution in [3.63, 3.8) is 0 Å². The smallest absolute Gasteiger partial charge is 0.338 e. The van der Waals surface area contributed by atoms with Crippen LogP contribution in [0.5, 0.6) is 0 Å². The highest BCUT2D eigenvalue weighted by Gasteiger charge is 2.35. The lowest BCUT2D eigenvalue weighted by Gasteiger charge is -2.37. The molecule has 3 aliphatic rings. The maximum absolute atomic E-state index is 12.8. The van der Waals surface area contributed by atoms with Crippen molar-refractivity contribution >= 4 is 17.6 Å². The van der Waals surface area contributed by atoms with Crippen molar-refractivity contribution in [3.8, 4) is 0 Å². The number of likely N-dealkylation sites (tertiary alicyclic amines) is 1. The molecule has 1 N–H and O–H groups in total. The van der Waals surface area contributed by atoms with Gasteiger partial charge in [-0.05, 0) is 42.2 Å². The number of cyclic esters (lactones) is 1. The highest BCUT2D eigenvalue weighted by Crippen LogP contribution is 2.31. The number of aliphatic hydroxyl groups excluding tert-OH is 1. The van der Waals surface area contributed by atoms with E-state index in [4.69, 9.17) is 4.74 Å². The molecule has 3 heterocycles. The Kier molecular flexibility index (Phi) is 5.15. The Balaban J connectivity index is 1.18. The first-order chi connectivity index (χ1) is 15.4. The van der Waals surface area contributed by atoms with Crippen LogP contribution in [0.15, 0.2) is 36.4 Å². The molecule has 5 rings (SSSR count). The lowest BCUT2D eigenvalue weighted by atomic mass is 10.00. The molecule has 2 aromatic rings. The van der Waals surface area contributed by atoms with Crippen molar-refractivity contribution in [1.29, 1.82) is 0 Å². The SMILES string of the molecule is O=C1OCc2cc(C(O)CN3CCC(N4Cc5cc([N+](=O)[O-])ccc5C4=O)CC3)ccc21. The number of amides is 1. The zero-order valence-corrected chi connectivity index (χ0v) is 17.4. The topological polar surface area (TPSA) is 113 Å². The maximum Gasteiger partial charge on any atom is 0.338 e. The van der Waals surface area contributed by atoms with Crippen molar-refractivity contribution in [3.05, 3.63) is 74.3 Å². The number of β-amino-alcohol motifs (C(OH)–C–C–N with tert-alkyl or cyclic N) is 1. The number of benzene rings is 2. The van der Waals surface area contributed by atoms with Crippen LogP contribution in [0, 0.1) is 10.1 Å². The summed E-state index contributed by atoms with van der Waals surface area (Å²) in [6, 6.07) is 9.80. The Bertz CT molecular complexity index is 1110. The van der Waals surface area contributed by atoms with Crippen molar-refractivity contribution in [2.45, 2.75) is 38.1 Å². The number of fused-ring (bicyclic) bond motifs is 2. The largest absolute Gasteiger partial charge is 0.457 e. The number of nitro groups is 1. The molecule has 1 fully saturated rings. The summed E-state index contributed by atoms with van der Waals surface area (Å²) in [5, 5.41) is 21.7. The van der Waals surface area contributed by atoms with Gasteiger partial charge in [0.15, 0.2) is 0 Å². The molecule has 1 atom stereocenters. The van der Waals surface area contributed by atoms with E-state index in [-0.39, 0.29) is 30.2 Å². The molecule has 0 saturated carbocycles. The van der Waals surface area contributed by atoms with Crippen molar-refractivity contribution in [2.75, 3.05) is 19.6 Å². The van der Waals surface area contributed by atoms with Crippen LogP contribution in [0.3, 0.4) is 0 Å². The van der Waals surface area contributed by atoms with E-state index >= 15 is 0 Å². The molecular weight excluding hydrogens is 414 g/mol. The van der Waals surface area contributed by atoms with Gasteiger partial charge in [0.2, 0.25) is 0 Å². The summed E-state index contributed by atoms with van der Waals surface area (Å²) in [5.74, 6) is -0.389. The van der Waals surface area contributed by atoms with E-state index < -0.39 is 11.0 Å². The van der Waals surface area contributed by atoms with E-state index in [1.807, 2.05) is 11.0 Å². The van der Waals surface area contributed by atoms with Gasteiger partial charge >= 0.3 is 5.97 Å². The van der Waals surface area contributed by atoms with Crippen LogP contribution in [0.25, 0.3) is 0 Å². The minimum atomic E-state index is -0.675. The number of hydrogen-bond donors (Lipinski definition) is 1. The molecule has 0 radical (unpaired) electrons. The Morgan fingerprint density at radius 1 is 1.09 bits per heavy atom. The summed E-state index contributed by atoms with van der Waals surface area (Å²) >= 11 is 0. The van der Waals surface area contributed by atoms with Crippen molar-refractivity contribution in [2.24, 2.45) is 0 Å². The molecule has 0 bridgehead atoms. The Morgan fingerprint density at radius 3 is 2.59 bits per heavy atom. The van der Waals surface area contributed by atoms with E-state index in [0.29, 0.717) is 29.8 Å². The van der Waals surface area contributed by atoms with E-state index in [1.54, 1.807) is 18.2 Å². The van der Waals surface area contributed by atoms with E-state index in [0.717, 1.165) is 37.1 Å². The molecular formula is C23H23N3O6. The first-order valence-electron chi connectivity index (χ1n) is 10.7. The van der Waals surface area contributed by atoms with Crippen LogP contribution in [-0.4, -0.2) is 57.4 Å². The van der Waals surface area contributed by atoms with Gasteiger partial charge in [0.1, 0.15) is 6.61 Å². The summed E-state index contributed by atoms with van der Waals surface area (Å²) in [5.41, 5.74) is 3.38. The summed E-state index contributed by atoms with van der Waals surface area (Å²) in [4.78, 5) is 39.0. The number of carbonyl (C=O) groups is 2. The van der Waals surface area contributed by atoms with Crippen LogP contribution in [-0.2, 0) is 17.9 Å². The minimum Gasteiger partial charge on any atom is -0.457 e. The zero-order chi connectivity index (χ0) is 22.4. The monoisotopic (exact) mass is 437 g/mol. The van der Waals surface area contributed by atoms with Crippen LogP contribution >= 0.6 is 0 Å². The number of carbonyl (C=O) groups excluding carboxylic acids is 2. The summed E-state index contributed by atoms with van der Waals surface area (Å²) in [6.45, 7) is 2.61. The quantitative estimate of drug-likeness (QED) is 0.434. The van der Waals surface area contributed by atoms with Gasteiger partial charge in [0.05, 0.1) is 16.6 Å². The molecule has 0 aromatic heterocycles. The number of aliphatic hydroxyl groups is 1. The second-order valence-corrected chi connectivity index (χ2v) is 8.57. The molecule has 1 unspecified atom stereocenters. The predicted octanol–water partition coefficient (Wildman–Crippen LogP) is 2.42. The molecule has 2 aromatic carbocycles. The first-order valence-corrected chi connectivity index (χ1v) is 10.7. The number of nitrogens with zero attached hydrogens (tertiary/aromatic N) is 3. The Morgan fingerprint density at radius 2 is 1.84 bits per heavy atom. The molecule has 3 aliphatic heterocycles. The van der Waals surface area contributed by atoms with Crippen LogP contribution < -0.4 is 0 Å². The van der Waals surface area contributed by atoms with Crippen molar-refractivity contribution in [1.82, 2.24) is 9.80 Å². The van der Waals surface area contributed by atoms with Crippen LogP contribution in [0.2, 0.25) is 0 Å². The number of piperidine rings is 1. The average molecular weight is 437 g/mol. The number of rotatable bonds is 5. The fourth-order valence-corrected chi connectivity index (χ4v) is 4.86. The Labute approximate surface area is 184 Å². The van der Waals surface area contributed by atoms with Gasteiger partial charge in [-0.1, -0.05) is 6.07 Å².